The van der Waals surface area contributed by atoms with Crippen LogP contribution in [0.3, 0.4) is 0 Å². The molecule has 0 aliphatic heterocycles. The van der Waals surface area contributed by atoms with Gasteiger partial charge in [0.15, 0.2) is 12.2 Å². The third-order valence-electron chi connectivity index (χ3n) is 5.64. The first-order valence-corrected chi connectivity index (χ1v) is 9.94. The van der Waals surface area contributed by atoms with Crippen molar-refractivity contribution in [1.29, 1.82) is 0 Å². The number of hydrogen-bond acceptors (Lipinski definition) is 4. The number of nitrogens with zero attached hydrogens (tertiary/aromatic N) is 1. The highest BCUT2D eigenvalue weighted by Gasteiger charge is 2.47. The molecule has 0 saturated heterocycles. The van der Waals surface area contributed by atoms with Gasteiger partial charge in [0.05, 0.1) is 13.1 Å². The molecule has 1 unspecified atom stereocenters. The van der Waals surface area contributed by atoms with Gasteiger partial charge >= 0.3 is 5.97 Å². The van der Waals surface area contributed by atoms with Crippen molar-refractivity contribution in [2.24, 2.45) is 5.92 Å². The molecule has 5 nitrogen and oxygen atoms in total. The fourth-order valence-corrected chi connectivity index (χ4v) is 3.64. The van der Waals surface area contributed by atoms with Gasteiger partial charge in [-0.1, -0.05) is 55.5 Å². The van der Waals surface area contributed by atoms with Crippen LogP contribution in [0.2, 0.25) is 0 Å². The molecular formula is C22H31NO4. The van der Waals surface area contributed by atoms with E-state index in [0.29, 0.717) is 18.7 Å². The molecule has 1 atom stereocenters. The van der Waals surface area contributed by atoms with Crippen LogP contribution in [0.1, 0.15) is 51.5 Å². The van der Waals surface area contributed by atoms with Crippen molar-refractivity contribution in [3.05, 3.63) is 41.1 Å². The number of hydrogen-bond donors (Lipinski definition) is 1. The van der Waals surface area contributed by atoms with Crippen molar-refractivity contribution in [3.8, 4) is 11.8 Å². The second kappa shape index (κ2) is 9.89. The lowest BCUT2D eigenvalue weighted by Crippen LogP contribution is -2.45. The number of quaternary nitrogens is 1. The molecule has 5 heteroatoms. The number of rotatable bonds is 7. The van der Waals surface area contributed by atoms with Crippen LogP contribution in [0, 0.1) is 23.0 Å². The molecule has 0 heterocycles. The van der Waals surface area contributed by atoms with Gasteiger partial charge in [0.25, 0.3) is 0 Å². The standard InChI is InChI=1S/C22H31NO4/c1-3-23(26,4-2)17-11-12-18-27-21(24)22(25,19-13-7-5-8-14-19)20-15-9-6-10-16-20/h5,7-8,13-14,20,25H,3-4,6,9-10,15-18H2,1-2H3. The maximum Gasteiger partial charge on any atom is 0.344 e. The summed E-state index contributed by atoms with van der Waals surface area (Å²) in [5.41, 5.74) is -1.07. The predicted octanol–water partition coefficient (Wildman–Crippen LogP) is 3.36. The van der Waals surface area contributed by atoms with Gasteiger partial charge in [0, 0.05) is 5.92 Å². The Morgan fingerprint density at radius 2 is 1.81 bits per heavy atom. The zero-order chi connectivity index (χ0) is 19.8. The number of ether oxygens (including phenoxy) is 1. The van der Waals surface area contributed by atoms with Crippen LogP contribution in [0.15, 0.2) is 30.3 Å². The van der Waals surface area contributed by atoms with E-state index in [0.717, 1.165) is 32.1 Å². The van der Waals surface area contributed by atoms with E-state index < -0.39 is 11.6 Å². The molecule has 0 radical (unpaired) electrons. The average Bonchev–Trinajstić information content (AvgIpc) is 2.73. The minimum Gasteiger partial charge on any atom is -0.632 e. The Labute approximate surface area is 162 Å². The second-order valence-corrected chi connectivity index (χ2v) is 7.25. The van der Waals surface area contributed by atoms with Gasteiger partial charge in [-0.15, -0.1) is 0 Å². The summed E-state index contributed by atoms with van der Waals surface area (Å²) in [6.07, 6.45) is 4.74. The highest BCUT2D eigenvalue weighted by Crippen LogP contribution is 2.40. The fourth-order valence-electron chi connectivity index (χ4n) is 3.64. The molecule has 0 aromatic heterocycles. The fraction of sp³-hybridized carbons (Fsp3) is 0.591. The molecule has 0 amide bonds. The van der Waals surface area contributed by atoms with E-state index in [-0.39, 0.29) is 23.7 Å². The second-order valence-electron chi connectivity index (χ2n) is 7.25. The molecular weight excluding hydrogens is 342 g/mol. The first-order chi connectivity index (χ1) is 13.0. The van der Waals surface area contributed by atoms with Crippen molar-refractivity contribution in [2.45, 2.75) is 51.6 Å². The minimum absolute atomic E-state index is 0.117. The summed E-state index contributed by atoms with van der Waals surface area (Å²) in [6.45, 7) is 4.65. The van der Waals surface area contributed by atoms with Crippen LogP contribution in [0.25, 0.3) is 0 Å². The Hall–Kier alpha value is -1.87. The van der Waals surface area contributed by atoms with Crippen molar-refractivity contribution >= 4 is 5.97 Å². The number of esters is 1. The lowest BCUT2D eigenvalue weighted by molar-refractivity contribution is -0.869. The van der Waals surface area contributed by atoms with E-state index in [1.165, 1.54) is 0 Å². The van der Waals surface area contributed by atoms with Crippen molar-refractivity contribution < 1.29 is 19.3 Å². The van der Waals surface area contributed by atoms with E-state index in [2.05, 4.69) is 11.8 Å². The maximum absolute atomic E-state index is 12.8. The summed E-state index contributed by atoms with van der Waals surface area (Å²) < 4.78 is 4.95. The first-order valence-electron chi connectivity index (χ1n) is 9.94. The summed E-state index contributed by atoms with van der Waals surface area (Å²) in [7, 11) is 0. The third-order valence-corrected chi connectivity index (χ3v) is 5.64. The molecule has 0 spiro atoms. The number of carbonyl (C=O) groups is 1. The molecule has 148 valence electrons. The Morgan fingerprint density at radius 3 is 2.41 bits per heavy atom. The van der Waals surface area contributed by atoms with E-state index in [9.17, 15) is 15.1 Å². The molecule has 1 fully saturated rings. The van der Waals surface area contributed by atoms with E-state index in [1.807, 2.05) is 32.0 Å². The molecule has 27 heavy (non-hydrogen) atoms. The van der Waals surface area contributed by atoms with E-state index >= 15 is 0 Å². The van der Waals surface area contributed by atoms with Crippen molar-refractivity contribution in [2.75, 3.05) is 26.2 Å². The molecule has 0 bridgehead atoms. The van der Waals surface area contributed by atoms with Gasteiger partial charge in [-0.3, -0.25) is 0 Å². The maximum atomic E-state index is 12.8. The topological polar surface area (TPSA) is 69.6 Å². The number of carbonyl (C=O) groups excluding carboxylic acids is 1. The summed E-state index contributed by atoms with van der Waals surface area (Å²) in [6, 6.07) is 9.03. The molecule has 1 saturated carbocycles. The Balaban J connectivity index is 2.07. The predicted molar refractivity (Wildman–Crippen MR) is 105 cm³/mol. The number of hydroxylamine groups is 3. The Morgan fingerprint density at radius 1 is 1.19 bits per heavy atom. The summed E-state index contributed by atoms with van der Waals surface area (Å²) in [4.78, 5) is 12.8. The van der Waals surface area contributed by atoms with E-state index in [4.69, 9.17) is 4.74 Å². The third kappa shape index (κ3) is 5.32. The largest absolute Gasteiger partial charge is 0.632 e. The van der Waals surface area contributed by atoms with Gasteiger partial charge in [-0.05, 0) is 38.2 Å². The number of benzene rings is 1. The smallest absolute Gasteiger partial charge is 0.344 e. The lowest BCUT2D eigenvalue weighted by atomic mass is 9.73. The first kappa shape index (κ1) is 21.4. The van der Waals surface area contributed by atoms with Crippen LogP contribution >= 0.6 is 0 Å². The van der Waals surface area contributed by atoms with Crippen LogP contribution in [0.5, 0.6) is 0 Å². The van der Waals surface area contributed by atoms with Gasteiger partial charge in [-0.25, -0.2) is 4.79 Å². The zero-order valence-corrected chi connectivity index (χ0v) is 16.4. The highest BCUT2D eigenvalue weighted by molar-refractivity contribution is 5.81. The summed E-state index contributed by atoms with van der Waals surface area (Å²) in [5.74, 6) is 4.75. The van der Waals surface area contributed by atoms with Gasteiger partial charge < -0.3 is 19.7 Å². The van der Waals surface area contributed by atoms with Gasteiger partial charge in [-0.2, -0.15) is 0 Å². The van der Waals surface area contributed by atoms with Crippen LogP contribution in [-0.4, -0.2) is 42.0 Å². The summed E-state index contributed by atoms with van der Waals surface area (Å²) >= 11 is 0. The lowest BCUT2D eigenvalue weighted by Gasteiger charge is -2.39. The molecule has 1 aromatic carbocycles. The Kier molecular flexibility index (Phi) is 7.85. The SMILES string of the molecule is CC[N+]([O-])(CC)CC#CCOC(=O)C(O)(c1ccccc1)C1CCCCC1. The highest BCUT2D eigenvalue weighted by atomic mass is 16.6. The minimum atomic E-state index is -1.64. The molecule has 1 N–H and O–H groups in total. The number of aliphatic hydroxyl groups is 1. The average molecular weight is 373 g/mol. The van der Waals surface area contributed by atoms with Gasteiger partial charge in [0.2, 0.25) is 0 Å². The van der Waals surface area contributed by atoms with Crippen molar-refractivity contribution in [3.63, 3.8) is 0 Å². The van der Waals surface area contributed by atoms with Crippen molar-refractivity contribution in [1.82, 2.24) is 0 Å². The summed E-state index contributed by atoms with van der Waals surface area (Å²) in [5, 5.41) is 23.5. The normalized spacial score (nSPS) is 17.5. The zero-order valence-electron chi connectivity index (χ0n) is 16.4. The van der Waals surface area contributed by atoms with Crippen LogP contribution < -0.4 is 0 Å². The van der Waals surface area contributed by atoms with E-state index in [1.54, 1.807) is 12.1 Å². The molecule has 2 rings (SSSR count). The van der Waals surface area contributed by atoms with Crippen LogP contribution in [0.4, 0.5) is 0 Å². The molecule has 1 aliphatic rings. The monoisotopic (exact) mass is 373 g/mol. The molecule has 1 aromatic rings. The van der Waals surface area contributed by atoms with Crippen LogP contribution in [-0.2, 0) is 15.1 Å². The quantitative estimate of drug-likeness (QED) is 0.344. The van der Waals surface area contributed by atoms with Gasteiger partial charge in [0.1, 0.15) is 6.54 Å². The Bertz CT molecular complexity index is 654. The molecule has 1 aliphatic carbocycles.